The molecule has 4 nitrogen and oxygen atoms in total. The van der Waals surface area contributed by atoms with E-state index in [0.717, 1.165) is 0 Å². The van der Waals surface area contributed by atoms with E-state index in [-0.39, 0.29) is 21.8 Å². The number of amides is 1. The van der Waals surface area contributed by atoms with Gasteiger partial charge in [0, 0.05) is 13.2 Å². The molecule has 0 aromatic carbocycles. The van der Waals surface area contributed by atoms with E-state index < -0.39 is 0 Å². The fraction of sp³-hybridized carbons (Fsp3) is 0.0833. The molecule has 2 aromatic heterocycles. The predicted octanol–water partition coefficient (Wildman–Crippen LogP) is 3.06. The molecule has 0 aliphatic rings. The SMILES string of the molecule is CN(C(=O)c1nc(Cl)ccc1Cl)c1cccnc1. The maximum atomic E-state index is 12.2. The van der Waals surface area contributed by atoms with Crippen molar-refractivity contribution < 1.29 is 4.79 Å². The molecule has 0 saturated heterocycles. The summed E-state index contributed by atoms with van der Waals surface area (Å²) in [5, 5.41) is 0.488. The summed E-state index contributed by atoms with van der Waals surface area (Å²) in [6.07, 6.45) is 3.21. The molecule has 92 valence electrons. The Kier molecular flexibility index (Phi) is 3.79. The van der Waals surface area contributed by atoms with Gasteiger partial charge in [-0.3, -0.25) is 9.78 Å². The number of halogens is 2. The molecule has 6 heteroatoms. The number of carbonyl (C=O) groups excluding carboxylic acids is 1. The molecule has 18 heavy (non-hydrogen) atoms. The van der Waals surface area contributed by atoms with Crippen LogP contribution in [0.15, 0.2) is 36.7 Å². The molecule has 0 spiro atoms. The summed E-state index contributed by atoms with van der Waals surface area (Å²) in [6.45, 7) is 0. The molecule has 0 fully saturated rings. The van der Waals surface area contributed by atoms with Gasteiger partial charge in [0.2, 0.25) is 0 Å². The predicted molar refractivity (Wildman–Crippen MR) is 71.2 cm³/mol. The van der Waals surface area contributed by atoms with Gasteiger partial charge in [-0.2, -0.15) is 0 Å². The van der Waals surface area contributed by atoms with Gasteiger partial charge < -0.3 is 4.90 Å². The first-order valence-electron chi connectivity index (χ1n) is 5.09. The number of hydrogen-bond acceptors (Lipinski definition) is 3. The number of pyridine rings is 2. The Bertz CT molecular complexity index is 575. The van der Waals surface area contributed by atoms with Gasteiger partial charge in [-0.25, -0.2) is 4.98 Å². The molecule has 1 amide bonds. The highest BCUT2D eigenvalue weighted by atomic mass is 35.5. The standard InChI is InChI=1S/C12H9Cl2N3O/c1-17(8-3-2-6-15-7-8)12(18)11-9(13)4-5-10(14)16-11/h2-7H,1H3. The highest BCUT2D eigenvalue weighted by Gasteiger charge is 2.18. The van der Waals surface area contributed by atoms with Crippen LogP contribution in [0.1, 0.15) is 10.5 Å². The third-order valence-corrected chi connectivity index (χ3v) is 2.87. The summed E-state index contributed by atoms with van der Waals surface area (Å²) in [5.74, 6) is -0.337. The summed E-state index contributed by atoms with van der Waals surface area (Å²) in [5.41, 5.74) is 0.774. The van der Waals surface area contributed by atoms with E-state index in [9.17, 15) is 4.79 Å². The number of aromatic nitrogens is 2. The molecular weight excluding hydrogens is 273 g/mol. The molecule has 0 aliphatic heterocycles. The minimum absolute atomic E-state index is 0.121. The Morgan fingerprint density at radius 2 is 2.06 bits per heavy atom. The minimum Gasteiger partial charge on any atom is -0.309 e. The van der Waals surface area contributed by atoms with Crippen LogP contribution in [0.4, 0.5) is 5.69 Å². The monoisotopic (exact) mass is 281 g/mol. The van der Waals surface area contributed by atoms with Crippen molar-refractivity contribution >= 4 is 34.8 Å². The maximum absolute atomic E-state index is 12.2. The van der Waals surface area contributed by atoms with Gasteiger partial charge in [0.15, 0.2) is 0 Å². The molecule has 0 atom stereocenters. The van der Waals surface area contributed by atoms with Gasteiger partial charge in [-0.1, -0.05) is 23.2 Å². The number of carbonyl (C=O) groups is 1. The van der Waals surface area contributed by atoms with E-state index in [1.165, 1.54) is 11.0 Å². The first-order valence-corrected chi connectivity index (χ1v) is 5.85. The minimum atomic E-state index is -0.337. The van der Waals surface area contributed by atoms with Gasteiger partial charge >= 0.3 is 0 Å². The second-order valence-corrected chi connectivity index (χ2v) is 4.33. The second kappa shape index (κ2) is 5.33. The molecule has 2 aromatic rings. The van der Waals surface area contributed by atoms with Crippen LogP contribution in [-0.2, 0) is 0 Å². The smallest absolute Gasteiger partial charge is 0.278 e. The molecule has 0 saturated carbocycles. The normalized spacial score (nSPS) is 10.2. The van der Waals surface area contributed by atoms with Crippen LogP contribution in [0.5, 0.6) is 0 Å². The average molecular weight is 282 g/mol. The van der Waals surface area contributed by atoms with E-state index in [4.69, 9.17) is 23.2 Å². The quantitative estimate of drug-likeness (QED) is 0.795. The Morgan fingerprint density at radius 1 is 1.28 bits per heavy atom. The molecule has 2 heterocycles. The molecule has 0 N–H and O–H groups in total. The lowest BCUT2D eigenvalue weighted by molar-refractivity contribution is 0.0988. The molecule has 0 unspecified atom stereocenters. The van der Waals surface area contributed by atoms with Gasteiger partial charge in [-0.05, 0) is 24.3 Å². The van der Waals surface area contributed by atoms with E-state index in [0.29, 0.717) is 5.69 Å². The summed E-state index contributed by atoms with van der Waals surface area (Å²) in [7, 11) is 1.62. The van der Waals surface area contributed by atoms with Crippen LogP contribution in [0.3, 0.4) is 0 Å². The van der Waals surface area contributed by atoms with Crippen molar-refractivity contribution in [1.82, 2.24) is 9.97 Å². The van der Waals surface area contributed by atoms with Crippen LogP contribution in [0, 0.1) is 0 Å². The van der Waals surface area contributed by atoms with E-state index in [1.54, 1.807) is 37.6 Å². The maximum Gasteiger partial charge on any atom is 0.278 e. The average Bonchev–Trinajstić information content (AvgIpc) is 2.41. The molecule has 0 bridgehead atoms. The van der Waals surface area contributed by atoms with E-state index in [2.05, 4.69) is 9.97 Å². The van der Waals surface area contributed by atoms with Gasteiger partial charge in [0.25, 0.3) is 5.91 Å². The highest BCUT2D eigenvalue weighted by molar-refractivity contribution is 6.35. The van der Waals surface area contributed by atoms with Crippen LogP contribution < -0.4 is 4.90 Å². The van der Waals surface area contributed by atoms with Gasteiger partial charge in [0.1, 0.15) is 10.8 Å². The first kappa shape index (κ1) is 12.8. The van der Waals surface area contributed by atoms with E-state index in [1.807, 2.05) is 0 Å². The fourth-order valence-corrected chi connectivity index (χ4v) is 1.73. The van der Waals surface area contributed by atoms with Crippen molar-refractivity contribution in [2.45, 2.75) is 0 Å². The summed E-state index contributed by atoms with van der Waals surface area (Å²) < 4.78 is 0. The van der Waals surface area contributed by atoms with Crippen molar-refractivity contribution in [3.05, 3.63) is 52.5 Å². The lowest BCUT2D eigenvalue weighted by atomic mass is 10.3. The van der Waals surface area contributed by atoms with Crippen molar-refractivity contribution in [1.29, 1.82) is 0 Å². The first-order chi connectivity index (χ1) is 8.59. The van der Waals surface area contributed by atoms with Gasteiger partial charge in [-0.15, -0.1) is 0 Å². The molecule has 2 rings (SSSR count). The number of nitrogens with zero attached hydrogens (tertiary/aromatic N) is 3. The van der Waals surface area contributed by atoms with Crippen molar-refractivity contribution in [2.75, 3.05) is 11.9 Å². The lowest BCUT2D eigenvalue weighted by Gasteiger charge is -2.16. The molecule has 0 aliphatic carbocycles. The summed E-state index contributed by atoms with van der Waals surface area (Å²) in [4.78, 5) is 21.5. The zero-order valence-corrected chi connectivity index (χ0v) is 11.0. The fourth-order valence-electron chi connectivity index (χ4n) is 1.40. The Labute approximate surface area is 114 Å². The zero-order valence-electron chi connectivity index (χ0n) is 9.47. The summed E-state index contributed by atoms with van der Waals surface area (Å²) >= 11 is 11.7. The lowest BCUT2D eigenvalue weighted by Crippen LogP contribution is -2.27. The Morgan fingerprint density at radius 3 is 2.72 bits per heavy atom. The van der Waals surface area contributed by atoms with Crippen molar-refractivity contribution in [2.24, 2.45) is 0 Å². The van der Waals surface area contributed by atoms with E-state index >= 15 is 0 Å². The van der Waals surface area contributed by atoms with Crippen molar-refractivity contribution in [3.63, 3.8) is 0 Å². The summed E-state index contributed by atoms with van der Waals surface area (Å²) in [6, 6.07) is 6.58. The molecular formula is C12H9Cl2N3O. The van der Waals surface area contributed by atoms with Crippen LogP contribution >= 0.6 is 23.2 Å². The highest BCUT2D eigenvalue weighted by Crippen LogP contribution is 2.20. The largest absolute Gasteiger partial charge is 0.309 e. The third-order valence-electron chi connectivity index (χ3n) is 2.35. The molecule has 0 radical (unpaired) electrons. The second-order valence-electron chi connectivity index (χ2n) is 3.54. The third kappa shape index (κ3) is 2.60. The number of anilines is 1. The Balaban J connectivity index is 2.34. The van der Waals surface area contributed by atoms with Crippen LogP contribution in [0.25, 0.3) is 0 Å². The topological polar surface area (TPSA) is 46.1 Å². The van der Waals surface area contributed by atoms with Crippen molar-refractivity contribution in [3.8, 4) is 0 Å². The van der Waals surface area contributed by atoms with Gasteiger partial charge in [0.05, 0.1) is 16.9 Å². The number of hydrogen-bond donors (Lipinski definition) is 0. The van der Waals surface area contributed by atoms with Crippen LogP contribution in [-0.4, -0.2) is 22.9 Å². The van der Waals surface area contributed by atoms with Crippen LogP contribution in [0.2, 0.25) is 10.2 Å². The number of rotatable bonds is 2. The Hall–Kier alpha value is -1.65. The zero-order chi connectivity index (χ0) is 13.1.